The molecule has 27 heavy (non-hydrogen) atoms. The Morgan fingerprint density at radius 1 is 1.19 bits per heavy atom. The number of amides is 2. The summed E-state index contributed by atoms with van der Waals surface area (Å²) in [5, 5.41) is 2.74. The summed E-state index contributed by atoms with van der Waals surface area (Å²) in [6.07, 6.45) is 0.825. The number of nitrogens with zero attached hydrogens (tertiary/aromatic N) is 2. The lowest BCUT2D eigenvalue weighted by Crippen LogP contribution is -2.45. The van der Waals surface area contributed by atoms with Gasteiger partial charge in [0.1, 0.15) is 11.6 Å². The number of halogens is 1. The van der Waals surface area contributed by atoms with Crippen molar-refractivity contribution in [1.82, 2.24) is 10.3 Å². The molecule has 2 amide bonds. The third-order valence-electron chi connectivity index (χ3n) is 4.36. The maximum absolute atomic E-state index is 13.1. The summed E-state index contributed by atoms with van der Waals surface area (Å²) in [4.78, 5) is 29.0. The highest BCUT2D eigenvalue weighted by atomic mass is 19.1. The van der Waals surface area contributed by atoms with Crippen LogP contribution in [0, 0.1) is 5.82 Å². The zero-order valence-electron chi connectivity index (χ0n) is 14.7. The lowest BCUT2D eigenvalue weighted by molar-refractivity contribution is -0.120. The molecule has 8 heteroatoms. The van der Waals surface area contributed by atoms with Gasteiger partial charge in [-0.15, -0.1) is 0 Å². The number of carbonyl (C=O) groups is 2. The number of pyridine rings is 1. The molecule has 2 heterocycles. The number of rotatable bonds is 5. The Kier molecular flexibility index (Phi) is 5.85. The molecule has 0 spiro atoms. The molecule has 2 aromatic rings. The molecule has 1 aliphatic rings. The van der Waals surface area contributed by atoms with Gasteiger partial charge in [0.05, 0.1) is 5.69 Å². The first-order valence-corrected chi connectivity index (χ1v) is 8.71. The van der Waals surface area contributed by atoms with Crippen molar-refractivity contribution in [3.05, 3.63) is 48.3 Å². The summed E-state index contributed by atoms with van der Waals surface area (Å²) < 4.78 is 17.8. The molecule has 3 rings (SSSR count). The molecule has 0 bridgehead atoms. The maximum atomic E-state index is 13.1. The van der Waals surface area contributed by atoms with E-state index >= 15 is 0 Å². The van der Waals surface area contributed by atoms with E-state index in [2.05, 4.69) is 15.2 Å². The van der Waals surface area contributed by atoms with E-state index in [1.54, 1.807) is 12.1 Å². The molecule has 0 unspecified atom stereocenters. The van der Waals surface area contributed by atoms with Crippen LogP contribution in [0.4, 0.5) is 15.0 Å². The number of benzene rings is 1. The standard InChI is InChI=1S/C19H21FN4O3/c20-14-6-4-13(5-7-14)16-2-1-3-18(23-16)24-10-8-15(9-11-24)22-19(26)27-12-17(21)25/h1-7,15H,8-12H2,(H2,21,25)(H,22,26). The van der Waals surface area contributed by atoms with E-state index in [0.29, 0.717) is 0 Å². The highest BCUT2D eigenvalue weighted by Crippen LogP contribution is 2.23. The number of aromatic nitrogens is 1. The number of hydrogen-bond acceptors (Lipinski definition) is 5. The highest BCUT2D eigenvalue weighted by molar-refractivity contribution is 5.78. The van der Waals surface area contributed by atoms with Crippen LogP contribution in [0.15, 0.2) is 42.5 Å². The number of hydrogen-bond donors (Lipinski definition) is 2. The number of ether oxygens (including phenoxy) is 1. The first-order valence-electron chi connectivity index (χ1n) is 8.71. The molecule has 0 aliphatic carbocycles. The normalized spacial score (nSPS) is 14.6. The van der Waals surface area contributed by atoms with Crippen LogP contribution in [-0.4, -0.2) is 42.7 Å². The summed E-state index contributed by atoms with van der Waals surface area (Å²) >= 11 is 0. The summed E-state index contributed by atoms with van der Waals surface area (Å²) in [5.74, 6) is -0.127. The Morgan fingerprint density at radius 2 is 1.89 bits per heavy atom. The predicted molar refractivity (Wildman–Crippen MR) is 98.5 cm³/mol. The van der Waals surface area contributed by atoms with E-state index in [1.165, 1.54) is 12.1 Å². The zero-order valence-corrected chi connectivity index (χ0v) is 14.7. The van der Waals surface area contributed by atoms with Gasteiger partial charge in [0.2, 0.25) is 0 Å². The number of primary amides is 1. The number of nitrogens with one attached hydrogen (secondary N) is 1. The van der Waals surface area contributed by atoms with Crippen molar-refractivity contribution >= 4 is 17.8 Å². The fourth-order valence-corrected chi connectivity index (χ4v) is 2.98. The molecule has 0 saturated carbocycles. The van der Waals surface area contributed by atoms with Crippen LogP contribution in [0.5, 0.6) is 0 Å². The van der Waals surface area contributed by atoms with Gasteiger partial charge in [-0.3, -0.25) is 4.79 Å². The van der Waals surface area contributed by atoms with E-state index in [0.717, 1.165) is 43.0 Å². The maximum Gasteiger partial charge on any atom is 0.407 e. The minimum atomic E-state index is -0.688. The molecule has 0 radical (unpaired) electrons. The van der Waals surface area contributed by atoms with Crippen molar-refractivity contribution in [2.75, 3.05) is 24.6 Å². The van der Waals surface area contributed by atoms with E-state index in [4.69, 9.17) is 10.5 Å². The molecule has 7 nitrogen and oxygen atoms in total. The summed E-state index contributed by atoms with van der Waals surface area (Å²) in [6.45, 7) is 1.02. The van der Waals surface area contributed by atoms with Gasteiger partial charge in [-0.05, 0) is 49.2 Å². The summed E-state index contributed by atoms with van der Waals surface area (Å²) in [7, 11) is 0. The Bertz CT molecular complexity index is 805. The first-order chi connectivity index (χ1) is 13.0. The molecular formula is C19H21FN4O3. The van der Waals surface area contributed by atoms with Gasteiger partial charge in [0, 0.05) is 24.7 Å². The van der Waals surface area contributed by atoms with Gasteiger partial charge >= 0.3 is 6.09 Å². The Labute approximate surface area is 156 Å². The smallest absolute Gasteiger partial charge is 0.407 e. The molecular weight excluding hydrogens is 351 g/mol. The second kappa shape index (κ2) is 8.48. The molecule has 1 fully saturated rings. The predicted octanol–water partition coefficient (Wildman–Crippen LogP) is 2.07. The van der Waals surface area contributed by atoms with Crippen LogP contribution in [-0.2, 0) is 9.53 Å². The average molecular weight is 372 g/mol. The quantitative estimate of drug-likeness (QED) is 0.837. The van der Waals surface area contributed by atoms with E-state index in [9.17, 15) is 14.0 Å². The lowest BCUT2D eigenvalue weighted by Gasteiger charge is -2.33. The molecule has 3 N–H and O–H groups in total. The van der Waals surface area contributed by atoms with Crippen molar-refractivity contribution in [2.45, 2.75) is 18.9 Å². The first kappa shape index (κ1) is 18.6. The Morgan fingerprint density at radius 3 is 2.56 bits per heavy atom. The van der Waals surface area contributed by atoms with Crippen molar-refractivity contribution < 1.29 is 18.7 Å². The zero-order chi connectivity index (χ0) is 19.2. The minimum absolute atomic E-state index is 0.0260. The van der Waals surface area contributed by atoms with Gasteiger partial charge in [-0.25, -0.2) is 14.2 Å². The Hall–Kier alpha value is -3.16. The third-order valence-corrected chi connectivity index (χ3v) is 4.36. The number of alkyl carbamates (subject to hydrolysis) is 1. The third kappa shape index (κ3) is 5.16. The fourth-order valence-electron chi connectivity index (χ4n) is 2.98. The minimum Gasteiger partial charge on any atom is -0.439 e. The molecule has 142 valence electrons. The number of anilines is 1. The lowest BCUT2D eigenvalue weighted by atomic mass is 10.1. The molecule has 1 aromatic heterocycles. The van der Waals surface area contributed by atoms with Crippen molar-refractivity contribution in [1.29, 1.82) is 0 Å². The largest absolute Gasteiger partial charge is 0.439 e. The SMILES string of the molecule is NC(=O)COC(=O)NC1CCN(c2cccc(-c3ccc(F)cc3)n2)CC1. The molecule has 1 aliphatic heterocycles. The molecule has 1 aromatic carbocycles. The van der Waals surface area contributed by atoms with E-state index < -0.39 is 18.6 Å². The highest BCUT2D eigenvalue weighted by Gasteiger charge is 2.22. The van der Waals surface area contributed by atoms with Crippen molar-refractivity contribution in [3.8, 4) is 11.3 Å². The van der Waals surface area contributed by atoms with E-state index in [-0.39, 0.29) is 11.9 Å². The number of carbonyl (C=O) groups excluding carboxylic acids is 2. The second-order valence-corrected chi connectivity index (χ2v) is 6.34. The van der Waals surface area contributed by atoms with Crippen molar-refractivity contribution in [2.24, 2.45) is 5.73 Å². The van der Waals surface area contributed by atoms with Crippen molar-refractivity contribution in [3.63, 3.8) is 0 Å². The number of piperidine rings is 1. The summed E-state index contributed by atoms with van der Waals surface area (Å²) in [5.41, 5.74) is 6.58. The van der Waals surface area contributed by atoms with Gasteiger partial charge in [-0.2, -0.15) is 0 Å². The number of nitrogens with two attached hydrogens (primary N) is 1. The second-order valence-electron chi connectivity index (χ2n) is 6.34. The van der Waals surface area contributed by atoms with Crippen LogP contribution in [0.1, 0.15) is 12.8 Å². The van der Waals surface area contributed by atoms with Gasteiger partial charge < -0.3 is 20.7 Å². The average Bonchev–Trinajstić information content (AvgIpc) is 2.68. The van der Waals surface area contributed by atoms with Crippen LogP contribution in [0.3, 0.4) is 0 Å². The van der Waals surface area contributed by atoms with Gasteiger partial charge in [0.25, 0.3) is 5.91 Å². The fraction of sp³-hybridized carbons (Fsp3) is 0.316. The van der Waals surface area contributed by atoms with Crippen LogP contribution >= 0.6 is 0 Å². The Balaban J connectivity index is 1.56. The summed E-state index contributed by atoms with van der Waals surface area (Å²) in [6, 6.07) is 12.0. The van der Waals surface area contributed by atoms with Crippen LogP contribution in [0.2, 0.25) is 0 Å². The topological polar surface area (TPSA) is 97.6 Å². The van der Waals surface area contributed by atoms with E-state index in [1.807, 2.05) is 18.2 Å². The monoisotopic (exact) mass is 372 g/mol. The molecule has 1 saturated heterocycles. The van der Waals surface area contributed by atoms with Crippen LogP contribution in [0.25, 0.3) is 11.3 Å². The molecule has 0 atom stereocenters. The van der Waals surface area contributed by atoms with Gasteiger partial charge in [0.15, 0.2) is 6.61 Å². The van der Waals surface area contributed by atoms with Crippen LogP contribution < -0.4 is 16.0 Å². The van der Waals surface area contributed by atoms with Gasteiger partial charge in [-0.1, -0.05) is 6.07 Å².